The number of nitrogens with one attached hydrogen (secondary N) is 1. The van der Waals surface area contributed by atoms with E-state index in [0.717, 1.165) is 38.0 Å². The highest BCUT2D eigenvalue weighted by Gasteiger charge is 2.23. The van der Waals surface area contributed by atoms with Gasteiger partial charge in [-0.15, -0.1) is 0 Å². The van der Waals surface area contributed by atoms with Crippen molar-refractivity contribution in [3.8, 4) is 0 Å². The van der Waals surface area contributed by atoms with Crippen molar-refractivity contribution in [3.05, 3.63) is 34.1 Å². The Morgan fingerprint density at radius 3 is 3.06 bits per heavy atom. The molecule has 0 aliphatic carbocycles. The molecule has 0 radical (unpaired) electrons. The van der Waals surface area contributed by atoms with Gasteiger partial charge >= 0.3 is 0 Å². The van der Waals surface area contributed by atoms with Crippen LogP contribution < -0.4 is 5.32 Å². The normalized spacial score (nSPS) is 21.2. The van der Waals surface area contributed by atoms with Gasteiger partial charge in [0, 0.05) is 18.2 Å². The molecule has 1 aliphatic rings. The molecule has 0 spiro atoms. The van der Waals surface area contributed by atoms with Crippen LogP contribution in [0.15, 0.2) is 22.7 Å². The molecule has 1 saturated heterocycles. The Bertz CT molecular complexity index is 393. The van der Waals surface area contributed by atoms with Gasteiger partial charge in [-0.3, -0.25) is 0 Å². The summed E-state index contributed by atoms with van der Waals surface area (Å²) in [5.74, 6) is -0.165. The van der Waals surface area contributed by atoms with Crippen molar-refractivity contribution >= 4 is 15.9 Å². The van der Waals surface area contributed by atoms with Crippen LogP contribution in [0.5, 0.6) is 0 Å². The van der Waals surface area contributed by atoms with Crippen molar-refractivity contribution in [2.45, 2.75) is 38.3 Å². The first kappa shape index (κ1) is 14.0. The molecule has 0 bridgehead atoms. The topological polar surface area (TPSA) is 21.3 Å². The Labute approximate surface area is 116 Å². The maximum Gasteiger partial charge on any atom is 0.142 e. The third kappa shape index (κ3) is 3.31. The second kappa shape index (κ2) is 6.64. The minimum Gasteiger partial charge on any atom is -0.378 e. The number of ether oxygens (including phenoxy) is 1. The van der Waals surface area contributed by atoms with Gasteiger partial charge in [0.1, 0.15) is 5.82 Å². The first-order chi connectivity index (χ1) is 8.72. The van der Waals surface area contributed by atoms with Crippen LogP contribution in [0, 0.1) is 5.82 Å². The summed E-state index contributed by atoms with van der Waals surface area (Å²) in [6.07, 6.45) is 3.29. The van der Waals surface area contributed by atoms with Gasteiger partial charge in [0.15, 0.2) is 0 Å². The van der Waals surface area contributed by atoms with Crippen LogP contribution in [0.3, 0.4) is 0 Å². The molecule has 1 fully saturated rings. The lowest BCUT2D eigenvalue weighted by atomic mass is 9.98. The summed E-state index contributed by atoms with van der Waals surface area (Å²) in [4.78, 5) is 0. The number of hydrogen-bond donors (Lipinski definition) is 1. The Morgan fingerprint density at radius 2 is 2.39 bits per heavy atom. The van der Waals surface area contributed by atoms with E-state index in [-0.39, 0.29) is 18.0 Å². The zero-order chi connectivity index (χ0) is 13.0. The summed E-state index contributed by atoms with van der Waals surface area (Å²) in [6.45, 7) is 3.70. The Balaban J connectivity index is 2.14. The van der Waals surface area contributed by atoms with E-state index >= 15 is 0 Å². The van der Waals surface area contributed by atoms with Crippen molar-refractivity contribution in [1.82, 2.24) is 5.32 Å². The van der Waals surface area contributed by atoms with Crippen LogP contribution in [0.4, 0.5) is 4.39 Å². The molecule has 2 atom stereocenters. The fourth-order valence-corrected chi connectivity index (χ4v) is 2.83. The van der Waals surface area contributed by atoms with Gasteiger partial charge < -0.3 is 10.1 Å². The molecule has 0 amide bonds. The van der Waals surface area contributed by atoms with E-state index in [4.69, 9.17) is 4.74 Å². The van der Waals surface area contributed by atoms with Crippen LogP contribution in [0.1, 0.15) is 37.8 Å². The standard InChI is InChI=1S/C14H19BrFNO/c1-2-17-13(9-10-5-4-8-18-10)11-6-3-7-12(15)14(11)16/h3,6-7,10,13,17H,2,4-5,8-9H2,1H3. The summed E-state index contributed by atoms with van der Waals surface area (Å²) < 4.78 is 20.3. The van der Waals surface area contributed by atoms with E-state index in [2.05, 4.69) is 21.2 Å². The lowest BCUT2D eigenvalue weighted by molar-refractivity contribution is 0.0944. The van der Waals surface area contributed by atoms with Crippen molar-refractivity contribution in [3.63, 3.8) is 0 Å². The van der Waals surface area contributed by atoms with E-state index in [0.29, 0.717) is 4.47 Å². The summed E-state index contributed by atoms with van der Waals surface area (Å²) >= 11 is 3.24. The largest absolute Gasteiger partial charge is 0.378 e. The molecular weight excluding hydrogens is 297 g/mol. The highest BCUT2D eigenvalue weighted by atomic mass is 79.9. The van der Waals surface area contributed by atoms with E-state index < -0.39 is 0 Å². The molecule has 1 heterocycles. The molecule has 100 valence electrons. The highest BCUT2D eigenvalue weighted by molar-refractivity contribution is 9.10. The van der Waals surface area contributed by atoms with Crippen molar-refractivity contribution in [1.29, 1.82) is 0 Å². The Morgan fingerprint density at radius 1 is 1.56 bits per heavy atom. The molecule has 1 aliphatic heterocycles. The minimum absolute atomic E-state index is 0.0237. The lowest BCUT2D eigenvalue weighted by Crippen LogP contribution is -2.26. The first-order valence-electron chi connectivity index (χ1n) is 6.51. The molecule has 1 N–H and O–H groups in total. The van der Waals surface area contributed by atoms with Crippen LogP contribution in [0.2, 0.25) is 0 Å². The van der Waals surface area contributed by atoms with E-state index in [1.807, 2.05) is 19.1 Å². The molecule has 0 aromatic heterocycles. The minimum atomic E-state index is -0.165. The lowest BCUT2D eigenvalue weighted by Gasteiger charge is -2.22. The van der Waals surface area contributed by atoms with Gasteiger partial charge in [0.05, 0.1) is 10.6 Å². The molecule has 1 aromatic rings. The van der Waals surface area contributed by atoms with Crippen molar-refractivity contribution in [2.75, 3.05) is 13.2 Å². The SMILES string of the molecule is CCNC(CC1CCCO1)c1cccc(Br)c1F. The van der Waals surface area contributed by atoms with Gasteiger partial charge in [0.2, 0.25) is 0 Å². The smallest absolute Gasteiger partial charge is 0.142 e. The summed E-state index contributed by atoms with van der Waals surface area (Å²) in [7, 11) is 0. The molecule has 1 aromatic carbocycles. The average molecular weight is 316 g/mol. The van der Waals surface area contributed by atoms with Gasteiger partial charge in [-0.1, -0.05) is 19.1 Å². The highest BCUT2D eigenvalue weighted by Crippen LogP contribution is 2.29. The fraction of sp³-hybridized carbons (Fsp3) is 0.571. The predicted octanol–water partition coefficient (Wildman–Crippen LogP) is 3.81. The second-order valence-electron chi connectivity index (χ2n) is 4.62. The molecular formula is C14H19BrFNO. The predicted molar refractivity (Wildman–Crippen MR) is 74.1 cm³/mol. The van der Waals surface area contributed by atoms with E-state index in [1.165, 1.54) is 0 Å². The van der Waals surface area contributed by atoms with E-state index in [9.17, 15) is 4.39 Å². The average Bonchev–Trinajstić information content (AvgIpc) is 2.85. The number of benzene rings is 1. The first-order valence-corrected chi connectivity index (χ1v) is 7.30. The van der Waals surface area contributed by atoms with Crippen LogP contribution in [0.25, 0.3) is 0 Å². The maximum atomic E-state index is 14.1. The monoisotopic (exact) mass is 315 g/mol. The molecule has 2 nitrogen and oxygen atoms in total. The van der Waals surface area contributed by atoms with Gasteiger partial charge in [-0.25, -0.2) is 4.39 Å². The van der Waals surface area contributed by atoms with Crippen LogP contribution in [-0.2, 0) is 4.74 Å². The second-order valence-corrected chi connectivity index (χ2v) is 5.48. The quantitative estimate of drug-likeness (QED) is 0.892. The van der Waals surface area contributed by atoms with Crippen molar-refractivity contribution < 1.29 is 9.13 Å². The zero-order valence-corrected chi connectivity index (χ0v) is 12.2. The van der Waals surface area contributed by atoms with Gasteiger partial charge in [-0.05, 0) is 47.8 Å². The van der Waals surface area contributed by atoms with E-state index in [1.54, 1.807) is 6.07 Å². The van der Waals surface area contributed by atoms with Crippen molar-refractivity contribution in [2.24, 2.45) is 0 Å². The maximum absolute atomic E-state index is 14.1. The van der Waals surface area contributed by atoms with Crippen LogP contribution in [-0.4, -0.2) is 19.3 Å². The third-order valence-corrected chi connectivity index (χ3v) is 3.94. The number of hydrogen-bond acceptors (Lipinski definition) is 2. The summed E-state index contributed by atoms with van der Waals surface area (Å²) in [5, 5.41) is 3.35. The molecule has 0 saturated carbocycles. The van der Waals surface area contributed by atoms with Crippen LogP contribution >= 0.6 is 15.9 Å². The zero-order valence-electron chi connectivity index (χ0n) is 10.6. The van der Waals surface area contributed by atoms with Gasteiger partial charge in [0.25, 0.3) is 0 Å². The van der Waals surface area contributed by atoms with Gasteiger partial charge in [-0.2, -0.15) is 0 Å². The Hall–Kier alpha value is -0.450. The Kier molecular flexibility index (Phi) is 5.15. The third-order valence-electron chi connectivity index (χ3n) is 3.33. The number of rotatable bonds is 5. The molecule has 2 unspecified atom stereocenters. The fourth-order valence-electron chi connectivity index (χ4n) is 2.45. The molecule has 2 rings (SSSR count). The summed E-state index contributed by atoms with van der Waals surface area (Å²) in [5.41, 5.74) is 0.724. The molecule has 18 heavy (non-hydrogen) atoms. The number of halogens is 2. The summed E-state index contributed by atoms with van der Waals surface area (Å²) in [6, 6.07) is 5.48. The molecule has 4 heteroatoms.